The monoisotopic (exact) mass is 777 g/mol. The predicted molar refractivity (Wildman–Crippen MR) is 194 cm³/mol. The number of aromatic nitrogens is 2. The number of imidazole rings is 1. The number of anilines is 1. The van der Waals surface area contributed by atoms with Crippen LogP contribution in [-0.2, 0) is 20.4 Å². The number of halogens is 4. The molecule has 1 unspecified atom stereocenters. The second-order valence-corrected chi connectivity index (χ2v) is 14.0. The number of fused-ring (bicyclic) bond motifs is 2. The molecule has 1 atom stereocenters. The van der Waals surface area contributed by atoms with Crippen LogP contribution in [0, 0.1) is 11.7 Å². The molecule has 7 rings (SSSR count). The minimum absolute atomic E-state index is 0.0932. The van der Waals surface area contributed by atoms with Gasteiger partial charge < -0.3 is 24.1 Å². The largest absolute Gasteiger partial charge is 0.491 e. The van der Waals surface area contributed by atoms with E-state index in [-0.39, 0.29) is 47.8 Å². The average molecular weight is 778 g/mol. The normalized spacial score (nSPS) is 20.0. The third-order valence-corrected chi connectivity index (χ3v) is 10.3. The third kappa shape index (κ3) is 8.31. The maximum absolute atomic E-state index is 14.1. The molecule has 3 aliphatic rings. The molecule has 1 aliphatic carbocycles. The molecule has 2 fully saturated rings. The van der Waals surface area contributed by atoms with Gasteiger partial charge in [0.2, 0.25) is 11.9 Å². The van der Waals surface area contributed by atoms with Gasteiger partial charge in [0.15, 0.2) is 0 Å². The molecule has 0 spiro atoms. The zero-order chi connectivity index (χ0) is 39.6. The molecule has 3 heterocycles. The fourth-order valence-corrected chi connectivity index (χ4v) is 7.42. The quantitative estimate of drug-likeness (QED) is 0.0871. The van der Waals surface area contributed by atoms with Crippen LogP contribution < -0.4 is 15.4 Å². The molecule has 4 amide bonds. The van der Waals surface area contributed by atoms with Crippen LogP contribution in [0.25, 0.3) is 11.0 Å². The molecule has 294 valence electrons. The molecule has 0 radical (unpaired) electrons. The Hall–Kier alpha value is -5.61. The number of nitrogens with zero attached hydrogens (tertiary/aromatic N) is 3. The summed E-state index contributed by atoms with van der Waals surface area (Å²) in [5, 5.41) is 5.27. The molecular formula is C40H39F4N5O7. The number of hydrogen-bond acceptors (Lipinski definition) is 8. The van der Waals surface area contributed by atoms with E-state index in [1.165, 1.54) is 36.4 Å². The molecule has 0 bridgehead atoms. The number of hydrogen-bond donors (Lipinski definition) is 2. The summed E-state index contributed by atoms with van der Waals surface area (Å²) in [5.41, 5.74) is 0.770. The number of carbonyl (C=O) groups excluding carboxylic acids is 4. The number of allylic oxidation sites excluding steroid dienone is 1. The summed E-state index contributed by atoms with van der Waals surface area (Å²) in [5.74, 6) is -1.95. The van der Waals surface area contributed by atoms with E-state index < -0.39 is 47.2 Å². The summed E-state index contributed by atoms with van der Waals surface area (Å²) in [7, 11) is 0. The maximum atomic E-state index is 14.1. The summed E-state index contributed by atoms with van der Waals surface area (Å²) in [6.45, 7) is 5.38. The van der Waals surface area contributed by atoms with E-state index in [2.05, 4.69) is 22.2 Å². The van der Waals surface area contributed by atoms with Crippen molar-refractivity contribution in [3.63, 3.8) is 0 Å². The lowest BCUT2D eigenvalue weighted by atomic mass is 9.86. The van der Waals surface area contributed by atoms with Crippen LogP contribution >= 0.6 is 0 Å². The number of piperidine rings is 1. The first-order valence-corrected chi connectivity index (χ1v) is 18.3. The standard InChI is InChI=1S/C40H39F4N5O7/c1-23-5-13-34(36(51)45-23)49-37(52)30-12-11-29(21-31(30)38(49)53)56-18-17-54-15-16-55-22-24-6-9-28(10-7-24)48-33-14-8-27(41)20-32(33)46-39(48)47-35(50)25-3-2-4-26(19-25)40(42,43)44/h2-4,8,11-12,14,19-21,24,28,34H,1,5-7,9-10,13,15-18,22H2,(H,45,51)(H,46,47,50)/t24-,28+,34?. The molecule has 1 saturated carbocycles. The number of ether oxygens (including phenoxy) is 3. The van der Waals surface area contributed by atoms with Crippen LogP contribution in [-0.4, -0.2) is 77.2 Å². The molecule has 4 aromatic rings. The molecule has 3 aromatic carbocycles. The van der Waals surface area contributed by atoms with Gasteiger partial charge >= 0.3 is 6.18 Å². The predicted octanol–water partition coefficient (Wildman–Crippen LogP) is 6.68. The Morgan fingerprint density at radius 3 is 2.41 bits per heavy atom. The Kier molecular flexibility index (Phi) is 11.2. The maximum Gasteiger partial charge on any atom is 0.416 e. The summed E-state index contributed by atoms with van der Waals surface area (Å²) < 4.78 is 73.0. The van der Waals surface area contributed by atoms with E-state index in [1.807, 2.05) is 4.57 Å². The minimum Gasteiger partial charge on any atom is -0.491 e. The Morgan fingerprint density at radius 2 is 1.64 bits per heavy atom. The van der Waals surface area contributed by atoms with Gasteiger partial charge in [-0.15, -0.1) is 0 Å². The fourth-order valence-electron chi connectivity index (χ4n) is 7.42. The topological polar surface area (TPSA) is 141 Å². The lowest BCUT2D eigenvalue weighted by molar-refractivity contribution is -0.137. The molecule has 1 aromatic heterocycles. The van der Waals surface area contributed by atoms with Gasteiger partial charge in [-0.2, -0.15) is 13.2 Å². The minimum atomic E-state index is -4.61. The molecule has 2 N–H and O–H groups in total. The van der Waals surface area contributed by atoms with Gasteiger partial charge in [-0.1, -0.05) is 12.6 Å². The first-order valence-electron chi connectivity index (χ1n) is 18.3. The SMILES string of the molecule is C=C1CCC(N2C(=O)c3ccc(OCCOCCOC[C@H]4CC[C@@H](n5c(NC(=O)c6cccc(C(F)(F)F)c6)nc6cc(F)ccc65)CC4)cc3C2=O)C(=O)N1. The Balaban J connectivity index is 0.843. The number of carbonyl (C=O) groups is 4. The van der Waals surface area contributed by atoms with Crippen molar-refractivity contribution in [3.05, 3.63) is 101 Å². The smallest absolute Gasteiger partial charge is 0.416 e. The second-order valence-electron chi connectivity index (χ2n) is 14.0. The number of amides is 4. The van der Waals surface area contributed by atoms with Gasteiger partial charge in [-0.05, 0) is 93.0 Å². The van der Waals surface area contributed by atoms with E-state index in [0.29, 0.717) is 68.0 Å². The van der Waals surface area contributed by atoms with Crippen molar-refractivity contribution in [1.82, 2.24) is 19.8 Å². The van der Waals surface area contributed by atoms with Crippen LogP contribution in [0.5, 0.6) is 5.75 Å². The summed E-state index contributed by atoms with van der Waals surface area (Å²) in [6.07, 6.45) is -0.782. The molecule has 56 heavy (non-hydrogen) atoms. The highest BCUT2D eigenvalue weighted by molar-refractivity contribution is 6.23. The van der Waals surface area contributed by atoms with Crippen molar-refractivity contribution in [3.8, 4) is 5.75 Å². The van der Waals surface area contributed by atoms with Crippen molar-refractivity contribution in [1.29, 1.82) is 0 Å². The molecule has 1 saturated heterocycles. The van der Waals surface area contributed by atoms with Gasteiger partial charge in [0, 0.05) is 30.0 Å². The highest BCUT2D eigenvalue weighted by Gasteiger charge is 2.44. The molecule has 12 nitrogen and oxygen atoms in total. The van der Waals surface area contributed by atoms with E-state index in [4.69, 9.17) is 14.2 Å². The van der Waals surface area contributed by atoms with Gasteiger partial charge in [0.1, 0.15) is 24.2 Å². The molecular weight excluding hydrogens is 738 g/mol. The zero-order valence-corrected chi connectivity index (χ0v) is 30.2. The fraction of sp³-hybridized carbons (Fsp3) is 0.375. The summed E-state index contributed by atoms with van der Waals surface area (Å²) >= 11 is 0. The van der Waals surface area contributed by atoms with Crippen LogP contribution in [0.4, 0.5) is 23.5 Å². The highest BCUT2D eigenvalue weighted by Crippen LogP contribution is 2.38. The summed E-state index contributed by atoms with van der Waals surface area (Å²) in [4.78, 5) is 57.0. The van der Waals surface area contributed by atoms with E-state index in [9.17, 15) is 36.7 Å². The van der Waals surface area contributed by atoms with E-state index >= 15 is 0 Å². The average Bonchev–Trinajstić information content (AvgIpc) is 3.64. The highest BCUT2D eigenvalue weighted by atomic mass is 19.4. The van der Waals surface area contributed by atoms with Crippen molar-refractivity contribution in [2.45, 2.75) is 56.8 Å². The van der Waals surface area contributed by atoms with Crippen LogP contribution in [0.2, 0.25) is 0 Å². The Morgan fingerprint density at radius 1 is 0.893 bits per heavy atom. The Labute approximate surface area is 318 Å². The van der Waals surface area contributed by atoms with Gasteiger partial charge in [0.05, 0.1) is 47.5 Å². The second kappa shape index (κ2) is 16.2. The number of nitrogens with one attached hydrogen (secondary N) is 2. The molecule has 2 aliphatic heterocycles. The summed E-state index contributed by atoms with van der Waals surface area (Å²) in [6, 6.07) is 11.9. The Bertz CT molecular complexity index is 2180. The van der Waals surface area contributed by atoms with Crippen LogP contribution in [0.15, 0.2) is 72.9 Å². The van der Waals surface area contributed by atoms with Crippen LogP contribution in [0.3, 0.4) is 0 Å². The number of alkyl halides is 3. The van der Waals surface area contributed by atoms with Crippen LogP contribution in [0.1, 0.15) is 81.2 Å². The van der Waals surface area contributed by atoms with Gasteiger partial charge in [-0.25, -0.2) is 9.37 Å². The van der Waals surface area contributed by atoms with Gasteiger partial charge in [0.25, 0.3) is 17.7 Å². The lowest BCUT2D eigenvalue weighted by Gasteiger charge is -2.30. The lowest BCUT2D eigenvalue weighted by Crippen LogP contribution is -2.51. The zero-order valence-electron chi connectivity index (χ0n) is 30.2. The van der Waals surface area contributed by atoms with E-state index in [1.54, 1.807) is 12.1 Å². The number of benzene rings is 3. The van der Waals surface area contributed by atoms with Crippen molar-refractivity contribution >= 4 is 40.6 Å². The van der Waals surface area contributed by atoms with Gasteiger partial charge in [-0.3, -0.25) is 29.4 Å². The number of rotatable bonds is 13. The number of imide groups is 1. The third-order valence-electron chi connectivity index (χ3n) is 10.3. The van der Waals surface area contributed by atoms with Crippen molar-refractivity contribution in [2.24, 2.45) is 5.92 Å². The first-order chi connectivity index (χ1) is 26.9. The first kappa shape index (κ1) is 38.7. The van der Waals surface area contributed by atoms with Crippen molar-refractivity contribution < 1.29 is 51.0 Å². The van der Waals surface area contributed by atoms with Crippen molar-refractivity contribution in [2.75, 3.05) is 38.4 Å². The van der Waals surface area contributed by atoms with E-state index in [0.717, 1.165) is 29.9 Å². The molecule has 16 heteroatoms.